The summed E-state index contributed by atoms with van der Waals surface area (Å²) >= 11 is 6.09. The lowest BCUT2D eigenvalue weighted by atomic mass is 9.86. The highest BCUT2D eigenvalue weighted by molar-refractivity contribution is 6.30. The molecule has 3 aliphatic heterocycles. The molecule has 24 nitrogen and oxygen atoms in total. The fraction of sp³-hybridized carbons (Fsp3) is 0.492. The molecule has 0 aliphatic carbocycles. The first kappa shape index (κ1) is 74.1. The summed E-state index contributed by atoms with van der Waals surface area (Å²) in [6.45, 7) is 18.2. The summed E-state index contributed by atoms with van der Waals surface area (Å²) in [5.74, 6) is -4.98. The molecule has 6 aromatic rings. The molecule has 30 heteroatoms. The number of rotatable bonds is 15. The van der Waals surface area contributed by atoms with Crippen LogP contribution in [0.2, 0.25) is 5.02 Å². The van der Waals surface area contributed by atoms with Crippen LogP contribution < -0.4 is 36.8 Å². The number of hydrogen-bond donors (Lipinski definition) is 9. The molecule has 3 aliphatic rings. The molecule has 0 unspecified atom stereocenters. The van der Waals surface area contributed by atoms with Gasteiger partial charge >= 0.3 is 18.1 Å². The first-order valence-electron chi connectivity index (χ1n) is 31.0. The molecular formula is C65H84ClF5N14O10. The van der Waals surface area contributed by atoms with E-state index in [1.807, 2.05) is 44.7 Å². The quantitative estimate of drug-likeness (QED) is 0.0484. The zero-order valence-electron chi connectivity index (χ0n) is 55.1. The van der Waals surface area contributed by atoms with Crippen molar-refractivity contribution in [3.8, 4) is 33.8 Å². The molecular weight excluding hydrogens is 1270 g/mol. The minimum absolute atomic E-state index is 0.00888. The summed E-state index contributed by atoms with van der Waals surface area (Å²) in [5.41, 5.74) is 3.38. The molecule has 3 aromatic carbocycles. The summed E-state index contributed by atoms with van der Waals surface area (Å²) in [5, 5.41) is 56.4. The fourth-order valence-electron chi connectivity index (χ4n) is 11.0. The van der Waals surface area contributed by atoms with Crippen LogP contribution in [0, 0.1) is 45.3 Å². The van der Waals surface area contributed by atoms with Gasteiger partial charge in [0.05, 0.1) is 67.2 Å². The van der Waals surface area contributed by atoms with Crippen molar-refractivity contribution < 1.29 is 70.8 Å². The van der Waals surface area contributed by atoms with Crippen LogP contribution in [0.25, 0.3) is 33.8 Å². The Balaban J connectivity index is 0.000000201. The van der Waals surface area contributed by atoms with Gasteiger partial charge in [-0.2, -0.15) is 29.3 Å². The lowest BCUT2D eigenvalue weighted by Gasteiger charge is -2.30. The van der Waals surface area contributed by atoms with Gasteiger partial charge in [-0.3, -0.25) is 14.4 Å². The largest absolute Gasteiger partial charge is 0.395 e. The van der Waals surface area contributed by atoms with Crippen LogP contribution in [0.3, 0.4) is 0 Å². The number of fused-ring (bicyclic) bond motifs is 3. The van der Waals surface area contributed by atoms with Crippen molar-refractivity contribution in [3.05, 3.63) is 117 Å². The Bertz CT molecular complexity index is 3780. The number of nitrogens with one attached hydrogen (secondary N) is 6. The van der Waals surface area contributed by atoms with Gasteiger partial charge in [0.25, 0.3) is 0 Å². The number of amides is 6. The van der Waals surface area contributed by atoms with Crippen LogP contribution in [0.1, 0.15) is 96.9 Å². The van der Waals surface area contributed by atoms with Crippen molar-refractivity contribution in [2.45, 2.75) is 119 Å². The highest BCUT2D eigenvalue weighted by atomic mass is 35.5. The van der Waals surface area contributed by atoms with Gasteiger partial charge in [0.15, 0.2) is 11.6 Å². The number of aliphatic hydroxyl groups is 3. The number of aliphatic hydroxyl groups excluding tert-OH is 3. The molecule has 3 aromatic heterocycles. The van der Waals surface area contributed by atoms with Crippen LogP contribution in [0.15, 0.2) is 54.6 Å². The fourth-order valence-corrected chi connectivity index (χ4v) is 11.2. The highest BCUT2D eigenvalue weighted by Gasteiger charge is 2.39. The van der Waals surface area contributed by atoms with Crippen molar-refractivity contribution in [1.29, 1.82) is 0 Å². The standard InChI is InChI=1S/C22H29ClFN5O3.C22H29F2N5O3.C21H26F2N4O4/c1-22(2,3)19(20(31)25-9-11-30)26-21(32)29-16-6-5-10-28(4)18(16)17(27-29)14-12-13(23)7-8-15(14)24;1-22(2,3)19(20(31)25-8-10-30)26-21(32)29-17-12-28(4)9-7-14(17)18(27-29)15-11-13(23)5-6-16(15)24;1-21(2,3)18(19(29)24-7-8-28)25-20(30)27-16-11-31-9-6-13(16)17(26-27)12-4-5-14(22)15(23)10-12/h7-8,12,19,30H,5-6,9-11H2,1-4H3,(H,25,31)(H,26,32);5-6,11,19,30H,7-10,12H2,1-4H3,(H,25,31)(H,26,32);4-5,10,18,28H,6-9,11H2,1-3H3,(H,24,29)(H,25,30)/t2*19-;18-/m111/s1. The van der Waals surface area contributed by atoms with Crippen LogP contribution in [-0.4, -0.2) is 177 Å². The molecule has 6 amide bonds. The Hall–Kier alpha value is -8.35. The van der Waals surface area contributed by atoms with Gasteiger partial charge in [-0.05, 0) is 104 Å². The van der Waals surface area contributed by atoms with Crippen LogP contribution >= 0.6 is 11.6 Å². The van der Waals surface area contributed by atoms with E-state index in [0.717, 1.165) is 52.7 Å². The molecule has 0 bridgehead atoms. The molecule has 9 rings (SSSR count). The van der Waals surface area contributed by atoms with Crippen molar-refractivity contribution in [3.63, 3.8) is 0 Å². The second-order valence-electron chi connectivity index (χ2n) is 26.4. The number of carbonyl (C=O) groups is 6. The van der Waals surface area contributed by atoms with E-state index >= 15 is 0 Å². The van der Waals surface area contributed by atoms with E-state index in [1.165, 1.54) is 28.9 Å². The lowest BCUT2D eigenvalue weighted by molar-refractivity contribution is -0.126. The normalized spacial score (nSPS) is 14.8. The first-order chi connectivity index (χ1) is 44.7. The van der Waals surface area contributed by atoms with Gasteiger partial charge in [0, 0.05) is 79.2 Å². The summed E-state index contributed by atoms with van der Waals surface area (Å²) in [7, 11) is 3.76. The van der Waals surface area contributed by atoms with E-state index in [4.69, 9.17) is 31.7 Å². The van der Waals surface area contributed by atoms with E-state index in [2.05, 4.69) is 47.2 Å². The maximum absolute atomic E-state index is 14.7. The summed E-state index contributed by atoms with van der Waals surface area (Å²) < 4.78 is 79.1. The van der Waals surface area contributed by atoms with Gasteiger partial charge in [-0.1, -0.05) is 73.9 Å². The smallest absolute Gasteiger partial charge is 0.343 e. The van der Waals surface area contributed by atoms with Crippen molar-refractivity contribution in [2.75, 3.05) is 78.1 Å². The molecule has 0 fully saturated rings. The number of anilines is 1. The predicted molar refractivity (Wildman–Crippen MR) is 345 cm³/mol. The number of hydrogen-bond acceptors (Lipinski definition) is 15. The first-order valence-corrected chi connectivity index (χ1v) is 31.3. The monoisotopic (exact) mass is 1350 g/mol. The lowest BCUT2D eigenvalue weighted by Crippen LogP contribution is -2.55. The van der Waals surface area contributed by atoms with E-state index in [-0.39, 0.29) is 62.9 Å². The molecule has 516 valence electrons. The Morgan fingerprint density at radius 2 is 1.01 bits per heavy atom. The van der Waals surface area contributed by atoms with Gasteiger partial charge in [0.2, 0.25) is 17.7 Å². The zero-order valence-corrected chi connectivity index (χ0v) is 55.8. The third-order valence-corrected chi connectivity index (χ3v) is 16.1. The predicted octanol–water partition coefficient (Wildman–Crippen LogP) is 6.68. The molecule has 9 N–H and O–H groups in total. The number of benzene rings is 3. The number of likely N-dealkylation sites (N-methyl/N-ethyl adjacent to an activating group) is 1. The van der Waals surface area contributed by atoms with Crippen LogP contribution in [0.4, 0.5) is 42.0 Å². The Labute approximate surface area is 552 Å². The third kappa shape index (κ3) is 18.0. The highest BCUT2D eigenvalue weighted by Crippen LogP contribution is 2.39. The van der Waals surface area contributed by atoms with E-state index < -0.39 is 99.3 Å². The molecule has 95 heavy (non-hydrogen) atoms. The average molecular weight is 1350 g/mol. The van der Waals surface area contributed by atoms with Crippen molar-refractivity contribution in [1.82, 2.24) is 66.1 Å². The minimum atomic E-state index is -1.01. The number of aromatic nitrogens is 6. The molecule has 0 spiro atoms. The maximum Gasteiger partial charge on any atom is 0.343 e. The van der Waals surface area contributed by atoms with Gasteiger partial charge in [0.1, 0.15) is 41.3 Å². The summed E-state index contributed by atoms with van der Waals surface area (Å²) in [4.78, 5) is 81.3. The molecule has 0 saturated heterocycles. The summed E-state index contributed by atoms with van der Waals surface area (Å²) in [6, 6.07) is 6.26. The van der Waals surface area contributed by atoms with E-state index in [0.29, 0.717) is 94.8 Å². The topological polar surface area (TPSA) is 304 Å². The number of carbonyl (C=O) groups excluding carboxylic acids is 6. The van der Waals surface area contributed by atoms with Crippen LogP contribution in [0.5, 0.6) is 0 Å². The second kappa shape index (κ2) is 31.5. The molecule has 0 radical (unpaired) electrons. The van der Waals surface area contributed by atoms with Crippen molar-refractivity contribution >= 4 is 53.1 Å². The Morgan fingerprint density at radius 3 is 1.53 bits per heavy atom. The van der Waals surface area contributed by atoms with Gasteiger partial charge in [-0.25, -0.2) is 36.3 Å². The molecule has 3 atom stereocenters. The maximum atomic E-state index is 14.7. The summed E-state index contributed by atoms with van der Waals surface area (Å²) in [6.07, 6.45) is 2.36. The van der Waals surface area contributed by atoms with E-state index in [9.17, 15) is 50.7 Å². The minimum Gasteiger partial charge on any atom is -0.395 e. The van der Waals surface area contributed by atoms with Gasteiger partial charge in [-0.15, -0.1) is 0 Å². The number of ether oxygens (including phenoxy) is 1. The second-order valence-corrected chi connectivity index (χ2v) is 26.8. The SMILES string of the molecule is CC(C)(C)[C@H](NC(=O)n1nc(-c2ccc(F)c(F)c2)c2c1COCC2)C(=O)NCCO.CN1CCCc2c1c(-c1cc(Cl)ccc1F)nn2C(=O)N[C@H](C(=O)NCCO)C(C)(C)C.CN1CCc2c(-c3cc(F)ccc3F)nn(C(=O)N[C@H](C(=O)NCCO)C(C)(C)C)c2C1. The van der Waals surface area contributed by atoms with Crippen LogP contribution in [-0.2, 0) is 51.5 Å². The van der Waals surface area contributed by atoms with Gasteiger partial charge < -0.3 is 61.8 Å². The number of halogens is 6. The Kier molecular flexibility index (Phi) is 24.5. The zero-order chi connectivity index (χ0) is 70.0. The Morgan fingerprint density at radius 1 is 0.547 bits per heavy atom. The molecule has 6 heterocycles. The van der Waals surface area contributed by atoms with E-state index in [1.54, 1.807) is 41.5 Å². The van der Waals surface area contributed by atoms with Crippen molar-refractivity contribution in [2.24, 2.45) is 16.2 Å². The molecule has 0 saturated carbocycles. The average Bonchev–Trinajstić information content (AvgIpc) is 1.63. The number of nitrogens with zero attached hydrogens (tertiary/aromatic N) is 8. The third-order valence-electron chi connectivity index (χ3n) is 15.9.